The number of hydrogen-bond donors (Lipinski definition) is 5. The van der Waals surface area contributed by atoms with E-state index in [0.717, 1.165) is 37.0 Å². The lowest BCUT2D eigenvalue weighted by atomic mass is 9.98. The first kappa shape index (κ1) is 39.3. The molecule has 0 bridgehead atoms. The van der Waals surface area contributed by atoms with Crippen molar-refractivity contribution in [2.24, 2.45) is 11.5 Å². The van der Waals surface area contributed by atoms with Gasteiger partial charge in [-0.3, -0.25) is 14.4 Å². The van der Waals surface area contributed by atoms with Gasteiger partial charge in [0.1, 0.15) is 5.70 Å². The van der Waals surface area contributed by atoms with Crippen LogP contribution in [0.25, 0.3) is 0 Å². The lowest BCUT2D eigenvalue weighted by Crippen LogP contribution is -2.51. The maximum atomic E-state index is 12.5. The third kappa shape index (κ3) is 15.5. The number of aliphatic hydroxyl groups excluding tert-OH is 2. The first-order chi connectivity index (χ1) is 20.0. The molecule has 0 fully saturated rings. The molecule has 1 rings (SSSR count). The Morgan fingerprint density at radius 1 is 1.07 bits per heavy atom. The van der Waals surface area contributed by atoms with Crippen molar-refractivity contribution in [2.75, 3.05) is 25.9 Å². The lowest BCUT2D eigenvalue weighted by Gasteiger charge is -2.26. The highest BCUT2D eigenvalue weighted by Gasteiger charge is 2.32. The van der Waals surface area contributed by atoms with Gasteiger partial charge in [0.15, 0.2) is 12.2 Å². The number of rotatable bonds is 16. The minimum atomic E-state index is -1.81. The van der Waals surface area contributed by atoms with Gasteiger partial charge in [0.2, 0.25) is 0 Å². The number of allylic oxidation sites excluding steroid dienone is 8. The summed E-state index contributed by atoms with van der Waals surface area (Å²) >= 11 is 2.87. The van der Waals surface area contributed by atoms with Crippen LogP contribution < -0.4 is 16.8 Å². The number of carbonyl (C=O) groups excluding carboxylic acids is 3. The Hall–Kier alpha value is -2.73. The molecule has 9 nitrogen and oxygen atoms in total. The van der Waals surface area contributed by atoms with Crippen LogP contribution in [0.5, 0.6) is 0 Å². The second-order valence-electron chi connectivity index (χ2n) is 9.59. The number of nitrogens with zero attached hydrogens (tertiary/aromatic N) is 1. The van der Waals surface area contributed by atoms with Crippen LogP contribution in [0, 0.1) is 0 Å². The van der Waals surface area contributed by atoms with Gasteiger partial charge in [-0.25, -0.2) is 0 Å². The van der Waals surface area contributed by atoms with E-state index in [1.165, 1.54) is 50.6 Å². The lowest BCUT2D eigenvalue weighted by molar-refractivity contribution is -0.153. The molecule has 11 heteroatoms. The quantitative estimate of drug-likeness (QED) is 0.160. The Labute approximate surface area is 260 Å². The molecule has 0 spiro atoms. The Bertz CT molecular complexity index is 1060. The van der Waals surface area contributed by atoms with Crippen LogP contribution in [0.1, 0.15) is 66.7 Å². The van der Waals surface area contributed by atoms with E-state index < -0.39 is 29.9 Å². The smallest absolute Gasteiger partial charge is 0.265 e. The summed E-state index contributed by atoms with van der Waals surface area (Å²) in [4.78, 5) is 37.4. The van der Waals surface area contributed by atoms with E-state index in [-0.39, 0.29) is 12.2 Å². The van der Waals surface area contributed by atoms with Crippen molar-refractivity contribution >= 4 is 41.2 Å². The van der Waals surface area contributed by atoms with Gasteiger partial charge in [0.25, 0.3) is 17.7 Å². The number of nitrogens with two attached hydrogens (primary N) is 2. The predicted octanol–water partition coefficient (Wildman–Crippen LogP) is 4.26. The van der Waals surface area contributed by atoms with E-state index in [1.807, 2.05) is 26.8 Å². The molecule has 1 aliphatic carbocycles. The number of thioether (sulfide) groups is 2. The molecule has 42 heavy (non-hydrogen) atoms. The largest absolute Gasteiger partial charge is 0.394 e. The molecule has 0 aromatic carbocycles. The Morgan fingerprint density at radius 3 is 2.21 bits per heavy atom. The summed E-state index contributed by atoms with van der Waals surface area (Å²) in [5, 5.41) is 26.7. The van der Waals surface area contributed by atoms with Crippen molar-refractivity contribution in [2.45, 2.75) is 78.9 Å². The minimum Gasteiger partial charge on any atom is -0.394 e. The van der Waals surface area contributed by atoms with Crippen molar-refractivity contribution in [3.63, 3.8) is 0 Å². The molecule has 0 saturated heterocycles. The number of amides is 3. The molecule has 3 amide bonds. The molecular weight excluding hydrogens is 572 g/mol. The van der Waals surface area contributed by atoms with Gasteiger partial charge < -0.3 is 31.9 Å². The zero-order chi connectivity index (χ0) is 32.1. The normalized spacial score (nSPS) is 15.4. The van der Waals surface area contributed by atoms with Gasteiger partial charge in [-0.2, -0.15) is 0 Å². The zero-order valence-electron chi connectivity index (χ0n) is 25.9. The number of aliphatic hydroxyl groups is 2. The topological polar surface area (TPSA) is 159 Å². The second-order valence-corrected chi connectivity index (χ2v) is 11.3. The minimum absolute atomic E-state index is 0.109. The molecule has 0 aromatic heterocycles. The summed E-state index contributed by atoms with van der Waals surface area (Å²) in [6.45, 7) is 11.2. The van der Waals surface area contributed by atoms with Crippen LogP contribution >= 0.6 is 23.5 Å². The van der Waals surface area contributed by atoms with E-state index in [2.05, 4.69) is 48.9 Å². The summed E-state index contributed by atoms with van der Waals surface area (Å²) in [5.41, 5.74) is 14.0. The van der Waals surface area contributed by atoms with Crippen LogP contribution in [-0.2, 0) is 14.4 Å². The number of primary amides is 1. The summed E-state index contributed by atoms with van der Waals surface area (Å²) in [6.07, 6.45) is 13.0. The standard InChI is InChI=1S/C27H42N2O4S.C4H8N2OS/c1-6-15-29(16-7-2)27(33)25(31)24(30)26(32)28-18-23(9-4)34-19-20(5)17-22-14-12-10-11-13-21(22)8-3;1-8-2-3(5)4(6)7/h9-12,14,19,24-25,30-31H,6-8,13,15-18H2,1-5H3,(H,28,32);2H,5H2,1H3,(H2,6,7)/b20-19+,23-9-;3-2-. The van der Waals surface area contributed by atoms with Crippen molar-refractivity contribution in [3.05, 3.63) is 68.5 Å². The molecule has 2 atom stereocenters. The van der Waals surface area contributed by atoms with Gasteiger partial charge >= 0.3 is 0 Å². The van der Waals surface area contributed by atoms with E-state index in [4.69, 9.17) is 11.5 Å². The van der Waals surface area contributed by atoms with Crippen LogP contribution in [0.3, 0.4) is 0 Å². The summed E-state index contributed by atoms with van der Waals surface area (Å²) in [6, 6.07) is 0. The fourth-order valence-corrected chi connectivity index (χ4v) is 4.89. The average molecular weight is 623 g/mol. The van der Waals surface area contributed by atoms with E-state index in [0.29, 0.717) is 13.1 Å². The molecule has 7 N–H and O–H groups in total. The highest BCUT2D eigenvalue weighted by Crippen LogP contribution is 2.26. The van der Waals surface area contributed by atoms with Gasteiger partial charge in [0, 0.05) is 24.5 Å². The SMILES string of the molecule is C/C=C(/CNC(=O)C(O)C(O)C(=O)N(CCC)CCC)S/C=C(\C)CC1=C(CC)CC=CC=C1.CS/C=C(\N)C(N)=O. The zero-order valence-corrected chi connectivity index (χ0v) is 27.5. The maximum Gasteiger partial charge on any atom is 0.265 e. The van der Waals surface area contributed by atoms with Gasteiger partial charge in [-0.05, 0) is 68.6 Å². The van der Waals surface area contributed by atoms with Crippen LogP contribution in [0.2, 0.25) is 0 Å². The Balaban J connectivity index is 0.00000183. The number of nitrogens with one attached hydrogen (secondary N) is 1. The molecule has 0 aromatic rings. The molecule has 1 aliphatic rings. The molecule has 0 heterocycles. The second kappa shape index (κ2) is 22.8. The third-order valence-electron chi connectivity index (χ3n) is 6.08. The number of hydrogen-bond acceptors (Lipinski definition) is 8. The van der Waals surface area contributed by atoms with Crippen LogP contribution in [0.4, 0.5) is 0 Å². The van der Waals surface area contributed by atoms with Gasteiger partial charge in [-0.15, -0.1) is 23.5 Å². The predicted molar refractivity (Wildman–Crippen MR) is 177 cm³/mol. The van der Waals surface area contributed by atoms with Gasteiger partial charge in [-0.1, -0.05) is 62.3 Å². The third-order valence-corrected chi connectivity index (χ3v) is 7.77. The Morgan fingerprint density at radius 2 is 1.71 bits per heavy atom. The maximum absolute atomic E-state index is 12.5. The Kier molecular flexibility index (Phi) is 21.3. The summed E-state index contributed by atoms with van der Waals surface area (Å²) < 4.78 is 0. The van der Waals surface area contributed by atoms with Crippen molar-refractivity contribution < 1.29 is 24.6 Å². The monoisotopic (exact) mass is 622 g/mol. The van der Waals surface area contributed by atoms with Crippen molar-refractivity contribution in [1.82, 2.24) is 10.2 Å². The van der Waals surface area contributed by atoms with E-state index >= 15 is 0 Å². The fraction of sp³-hybridized carbons (Fsp3) is 0.516. The summed E-state index contributed by atoms with van der Waals surface area (Å²) in [7, 11) is 0. The van der Waals surface area contributed by atoms with E-state index in [1.54, 1.807) is 6.26 Å². The molecular formula is C31H50N4O5S2. The molecule has 0 radical (unpaired) electrons. The van der Waals surface area contributed by atoms with Gasteiger partial charge in [0.05, 0.1) is 0 Å². The number of carbonyl (C=O) groups is 3. The summed E-state index contributed by atoms with van der Waals surface area (Å²) in [5.74, 6) is -1.95. The van der Waals surface area contributed by atoms with Crippen molar-refractivity contribution in [1.29, 1.82) is 0 Å². The highest BCUT2D eigenvalue weighted by molar-refractivity contribution is 8.05. The average Bonchev–Trinajstić information content (AvgIpc) is 3.20. The molecule has 0 saturated carbocycles. The van der Waals surface area contributed by atoms with Crippen LogP contribution in [0.15, 0.2) is 68.5 Å². The molecule has 236 valence electrons. The molecule has 0 aliphatic heterocycles. The molecule has 2 unspecified atom stereocenters. The van der Waals surface area contributed by atoms with Crippen molar-refractivity contribution in [3.8, 4) is 0 Å². The first-order valence-electron chi connectivity index (χ1n) is 14.2. The fourth-order valence-electron chi connectivity index (χ4n) is 3.80. The first-order valence-corrected chi connectivity index (χ1v) is 16.4. The van der Waals surface area contributed by atoms with Crippen LogP contribution in [-0.4, -0.2) is 70.9 Å². The van der Waals surface area contributed by atoms with E-state index in [9.17, 15) is 24.6 Å². The highest BCUT2D eigenvalue weighted by atomic mass is 32.2.